The van der Waals surface area contributed by atoms with Gasteiger partial charge >= 0.3 is 0 Å². The highest BCUT2D eigenvalue weighted by Crippen LogP contribution is 2.28. The maximum Gasteiger partial charge on any atom is 0.267 e. The SMILES string of the molecule is CCc1onc(-c2ccccc2)c1C(=O)c1c[nH]c(C(=O)NC2CCC2)c1. The van der Waals surface area contributed by atoms with E-state index in [4.69, 9.17) is 4.52 Å². The van der Waals surface area contributed by atoms with Crippen molar-refractivity contribution in [2.75, 3.05) is 0 Å². The number of aromatic nitrogens is 2. The third-order valence-corrected chi connectivity index (χ3v) is 4.99. The molecule has 1 aromatic carbocycles. The first kappa shape index (κ1) is 17.3. The van der Waals surface area contributed by atoms with Crippen LogP contribution in [-0.4, -0.2) is 27.9 Å². The predicted octanol–water partition coefficient (Wildman–Crippen LogP) is 3.75. The van der Waals surface area contributed by atoms with Crippen molar-refractivity contribution < 1.29 is 14.1 Å². The van der Waals surface area contributed by atoms with Crippen LogP contribution >= 0.6 is 0 Å². The van der Waals surface area contributed by atoms with E-state index in [1.807, 2.05) is 37.3 Å². The van der Waals surface area contributed by atoms with Crippen LogP contribution in [0, 0.1) is 0 Å². The third kappa shape index (κ3) is 3.30. The standard InChI is InChI=1S/C21H21N3O3/c1-2-17-18(19(24-27-17)13-7-4-3-5-8-13)20(25)14-11-16(22-12-14)21(26)23-15-9-6-10-15/h3-5,7-8,11-12,15,22H,2,6,9-10H2,1H3,(H,23,26). The van der Waals surface area contributed by atoms with Crippen molar-refractivity contribution in [1.82, 2.24) is 15.5 Å². The Morgan fingerprint density at radius 1 is 1.26 bits per heavy atom. The molecule has 2 aromatic heterocycles. The molecule has 0 aliphatic heterocycles. The Labute approximate surface area is 157 Å². The maximum atomic E-state index is 13.2. The highest BCUT2D eigenvalue weighted by molar-refractivity contribution is 6.13. The van der Waals surface area contributed by atoms with Gasteiger partial charge < -0.3 is 14.8 Å². The number of H-pyrrole nitrogens is 1. The van der Waals surface area contributed by atoms with Crippen LogP contribution in [0.2, 0.25) is 0 Å². The van der Waals surface area contributed by atoms with Gasteiger partial charge in [-0.1, -0.05) is 42.4 Å². The molecule has 6 nitrogen and oxygen atoms in total. The molecule has 4 rings (SSSR count). The van der Waals surface area contributed by atoms with Gasteiger partial charge in [0.2, 0.25) is 0 Å². The lowest BCUT2D eigenvalue weighted by atomic mass is 9.93. The molecule has 0 unspecified atom stereocenters. The van der Waals surface area contributed by atoms with Gasteiger partial charge in [0.05, 0.1) is 5.56 Å². The molecule has 2 heterocycles. The van der Waals surface area contributed by atoms with E-state index in [0.29, 0.717) is 34.7 Å². The molecule has 6 heteroatoms. The normalized spacial score (nSPS) is 14.0. The number of carbonyl (C=O) groups is 2. The molecule has 1 aliphatic rings. The number of hydrogen-bond acceptors (Lipinski definition) is 4. The fourth-order valence-electron chi connectivity index (χ4n) is 3.21. The van der Waals surface area contributed by atoms with Gasteiger partial charge in [0.15, 0.2) is 5.78 Å². The molecule has 0 spiro atoms. The van der Waals surface area contributed by atoms with Crippen molar-refractivity contribution in [3.8, 4) is 11.3 Å². The number of nitrogens with one attached hydrogen (secondary N) is 2. The fraction of sp³-hybridized carbons (Fsp3) is 0.286. The molecular formula is C21H21N3O3. The minimum atomic E-state index is -0.203. The molecule has 138 valence electrons. The Kier molecular flexibility index (Phi) is 4.62. The summed E-state index contributed by atoms with van der Waals surface area (Å²) in [5.74, 6) is 0.162. The van der Waals surface area contributed by atoms with Gasteiger partial charge in [-0.25, -0.2) is 0 Å². The number of amides is 1. The van der Waals surface area contributed by atoms with Crippen molar-refractivity contribution in [2.45, 2.75) is 38.6 Å². The van der Waals surface area contributed by atoms with Gasteiger partial charge in [-0.2, -0.15) is 0 Å². The second-order valence-electron chi connectivity index (χ2n) is 6.78. The van der Waals surface area contributed by atoms with Gasteiger partial charge in [-0.3, -0.25) is 9.59 Å². The van der Waals surface area contributed by atoms with Gasteiger partial charge in [0.25, 0.3) is 5.91 Å². The average molecular weight is 363 g/mol. The number of hydrogen-bond donors (Lipinski definition) is 2. The van der Waals surface area contributed by atoms with E-state index in [0.717, 1.165) is 24.8 Å². The summed E-state index contributed by atoms with van der Waals surface area (Å²) >= 11 is 0. The molecule has 2 N–H and O–H groups in total. The molecule has 27 heavy (non-hydrogen) atoms. The van der Waals surface area contributed by atoms with E-state index in [2.05, 4.69) is 15.5 Å². The zero-order valence-electron chi connectivity index (χ0n) is 15.1. The number of carbonyl (C=O) groups excluding carboxylic acids is 2. The Hall–Kier alpha value is -3.15. The zero-order valence-corrected chi connectivity index (χ0v) is 15.1. The topological polar surface area (TPSA) is 88.0 Å². The average Bonchev–Trinajstić information content (AvgIpc) is 3.31. The molecule has 0 bridgehead atoms. The Morgan fingerprint density at radius 2 is 2.04 bits per heavy atom. The van der Waals surface area contributed by atoms with Crippen LogP contribution in [0.1, 0.15) is 58.4 Å². The van der Waals surface area contributed by atoms with Crippen molar-refractivity contribution in [1.29, 1.82) is 0 Å². The van der Waals surface area contributed by atoms with E-state index < -0.39 is 0 Å². The first-order chi connectivity index (χ1) is 13.2. The first-order valence-electron chi connectivity index (χ1n) is 9.25. The van der Waals surface area contributed by atoms with E-state index in [9.17, 15) is 9.59 Å². The number of aromatic amines is 1. The van der Waals surface area contributed by atoms with Crippen molar-refractivity contribution in [2.24, 2.45) is 0 Å². The van der Waals surface area contributed by atoms with Crippen LogP contribution in [0.5, 0.6) is 0 Å². The highest BCUT2D eigenvalue weighted by Gasteiger charge is 2.26. The minimum Gasteiger partial charge on any atom is -0.360 e. The highest BCUT2D eigenvalue weighted by atomic mass is 16.5. The Morgan fingerprint density at radius 3 is 2.70 bits per heavy atom. The van der Waals surface area contributed by atoms with Crippen LogP contribution < -0.4 is 5.32 Å². The largest absolute Gasteiger partial charge is 0.360 e. The summed E-state index contributed by atoms with van der Waals surface area (Å²) in [5, 5.41) is 7.09. The smallest absolute Gasteiger partial charge is 0.267 e. The summed E-state index contributed by atoms with van der Waals surface area (Å²) in [6, 6.07) is 11.3. The lowest BCUT2D eigenvalue weighted by Crippen LogP contribution is -2.39. The van der Waals surface area contributed by atoms with Crippen LogP contribution in [0.25, 0.3) is 11.3 Å². The summed E-state index contributed by atoms with van der Waals surface area (Å²) in [5.41, 5.74) is 2.61. The van der Waals surface area contributed by atoms with Crippen molar-refractivity contribution >= 4 is 11.7 Å². The summed E-state index contributed by atoms with van der Waals surface area (Å²) in [6.45, 7) is 1.92. The van der Waals surface area contributed by atoms with E-state index in [1.165, 1.54) is 0 Å². The molecule has 1 aliphatic carbocycles. The Balaban J connectivity index is 1.63. The minimum absolute atomic E-state index is 0.178. The summed E-state index contributed by atoms with van der Waals surface area (Å²) < 4.78 is 5.41. The quantitative estimate of drug-likeness (QED) is 0.653. The van der Waals surface area contributed by atoms with Gasteiger partial charge in [0.1, 0.15) is 17.1 Å². The lowest BCUT2D eigenvalue weighted by molar-refractivity contribution is 0.0912. The van der Waals surface area contributed by atoms with Gasteiger partial charge in [-0.15, -0.1) is 0 Å². The summed E-state index contributed by atoms with van der Waals surface area (Å²) in [7, 11) is 0. The number of nitrogens with zero attached hydrogens (tertiary/aromatic N) is 1. The molecule has 0 radical (unpaired) electrons. The number of aryl methyl sites for hydroxylation is 1. The molecule has 3 aromatic rings. The summed E-state index contributed by atoms with van der Waals surface area (Å²) in [6.07, 6.45) is 5.30. The first-order valence-corrected chi connectivity index (χ1v) is 9.25. The van der Waals surface area contributed by atoms with Crippen LogP contribution in [0.15, 0.2) is 47.1 Å². The second-order valence-corrected chi connectivity index (χ2v) is 6.78. The van der Waals surface area contributed by atoms with E-state index >= 15 is 0 Å². The van der Waals surface area contributed by atoms with Crippen molar-refractivity contribution in [3.63, 3.8) is 0 Å². The Bertz CT molecular complexity index is 968. The van der Waals surface area contributed by atoms with E-state index in [-0.39, 0.29) is 17.7 Å². The van der Waals surface area contributed by atoms with E-state index in [1.54, 1.807) is 12.3 Å². The summed E-state index contributed by atoms with van der Waals surface area (Å²) in [4.78, 5) is 28.4. The maximum absolute atomic E-state index is 13.2. The number of rotatable bonds is 6. The van der Waals surface area contributed by atoms with Crippen LogP contribution in [-0.2, 0) is 6.42 Å². The van der Waals surface area contributed by atoms with Gasteiger partial charge in [0, 0.05) is 29.8 Å². The van der Waals surface area contributed by atoms with Crippen LogP contribution in [0.4, 0.5) is 0 Å². The monoisotopic (exact) mass is 363 g/mol. The molecule has 1 amide bonds. The lowest BCUT2D eigenvalue weighted by Gasteiger charge is -2.25. The molecular weight excluding hydrogens is 342 g/mol. The van der Waals surface area contributed by atoms with Crippen molar-refractivity contribution in [3.05, 3.63) is 65.2 Å². The number of ketones is 1. The molecule has 1 fully saturated rings. The zero-order chi connectivity index (χ0) is 18.8. The molecule has 1 saturated carbocycles. The van der Waals surface area contributed by atoms with Crippen LogP contribution in [0.3, 0.4) is 0 Å². The second kappa shape index (κ2) is 7.23. The predicted molar refractivity (Wildman–Crippen MR) is 101 cm³/mol. The van der Waals surface area contributed by atoms with Gasteiger partial charge in [-0.05, 0) is 25.3 Å². The fourth-order valence-corrected chi connectivity index (χ4v) is 3.21. The number of benzene rings is 1. The third-order valence-electron chi connectivity index (χ3n) is 4.99. The molecule has 0 saturated heterocycles. The molecule has 0 atom stereocenters.